The van der Waals surface area contributed by atoms with Gasteiger partial charge in [-0.05, 0) is 32.0 Å². The van der Waals surface area contributed by atoms with Gasteiger partial charge in [0.25, 0.3) is 0 Å². The molecule has 2 fully saturated rings. The van der Waals surface area contributed by atoms with Gasteiger partial charge in [-0.1, -0.05) is 12.1 Å². The molecule has 0 spiro atoms. The van der Waals surface area contributed by atoms with E-state index in [1.54, 1.807) is 30.5 Å². The molecule has 0 aliphatic carbocycles. The van der Waals surface area contributed by atoms with Crippen molar-refractivity contribution in [2.45, 2.75) is 25.2 Å². The summed E-state index contributed by atoms with van der Waals surface area (Å²) < 4.78 is 32.3. The zero-order valence-corrected chi connectivity index (χ0v) is 23.0. The monoisotopic (exact) mass is 545 g/mol. The van der Waals surface area contributed by atoms with Crippen molar-refractivity contribution in [2.24, 2.45) is 0 Å². The van der Waals surface area contributed by atoms with E-state index in [2.05, 4.69) is 49.8 Å². The summed E-state index contributed by atoms with van der Waals surface area (Å²) >= 11 is 0. The number of morpholine rings is 1. The van der Waals surface area contributed by atoms with Gasteiger partial charge in [-0.25, -0.2) is 18.4 Å². The van der Waals surface area contributed by atoms with Crippen LogP contribution >= 0.6 is 13.5 Å². The standard InChI is InChI=1S/C25H33N7O3S.H2S/c1-18(2)36(33,34)32-12-10-31(11-13-32)20-5-3-19(4-6-20)22-15-23-24(28-8-7-27-23)25(30-22)29-17-21-16-26-9-14-35-21;/h3-8,15,18,21,26H,9-14,16-17H2,1-2H3,(H,29,30);1H2/t21-;/m0./s1. The molecule has 2 N–H and O–H groups in total. The SMILES string of the molecule is CC(C)S(=O)(=O)N1CCN(c2ccc(-c3cc4nccnc4c(NC[C@@H]4CNCCO4)n3)cc2)CC1.S. The van der Waals surface area contributed by atoms with Crippen LogP contribution < -0.4 is 15.5 Å². The third kappa shape index (κ3) is 6.15. The maximum Gasteiger partial charge on any atom is 0.216 e. The lowest BCUT2D eigenvalue weighted by Crippen LogP contribution is -2.50. The minimum absolute atomic E-state index is 0. The van der Waals surface area contributed by atoms with Crippen molar-refractivity contribution in [3.8, 4) is 11.3 Å². The Morgan fingerprint density at radius 3 is 2.51 bits per heavy atom. The fraction of sp³-hybridized carbons (Fsp3) is 0.480. The zero-order valence-electron chi connectivity index (χ0n) is 21.2. The Balaban J connectivity index is 0.00000320. The first-order valence-corrected chi connectivity index (χ1v) is 13.9. The third-order valence-electron chi connectivity index (χ3n) is 6.68. The van der Waals surface area contributed by atoms with Crippen molar-refractivity contribution >= 4 is 46.1 Å². The Labute approximate surface area is 225 Å². The Hall–Kier alpha value is -2.51. The van der Waals surface area contributed by atoms with Gasteiger partial charge in [-0.2, -0.15) is 17.8 Å². The number of anilines is 2. The van der Waals surface area contributed by atoms with Gasteiger partial charge in [0, 0.05) is 69.5 Å². The van der Waals surface area contributed by atoms with Crippen LogP contribution in [-0.4, -0.2) is 91.4 Å². The Bertz CT molecular complexity index is 1290. The van der Waals surface area contributed by atoms with Crippen molar-refractivity contribution < 1.29 is 13.2 Å². The van der Waals surface area contributed by atoms with Gasteiger partial charge in [0.15, 0.2) is 5.82 Å². The van der Waals surface area contributed by atoms with Crippen molar-refractivity contribution in [3.63, 3.8) is 0 Å². The zero-order chi connectivity index (χ0) is 25.1. The highest BCUT2D eigenvalue weighted by Crippen LogP contribution is 2.28. The minimum atomic E-state index is -3.21. The molecule has 2 aliphatic rings. The molecular weight excluding hydrogens is 510 g/mol. The molecule has 0 bridgehead atoms. The van der Waals surface area contributed by atoms with Crippen LogP contribution in [0.1, 0.15) is 13.8 Å². The van der Waals surface area contributed by atoms with Gasteiger partial charge in [0.05, 0.1) is 29.2 Å². The number of hydrogen-bond donors (Lipinski definition) is 2. The van der Waals surface area contributed by atoms with Crippen molar-refractivity contribution in [1.29, 1.82) is 0 Å². The van der Waals surface area contributed by atoms with E-state index in [4.69, 9.17) is 9.72 Å². The van der Waals surface area contributed by atoms with Crippen LogP contribution in [0.25, 0.3) is 22.3 Å². The smallest absolute Gasteiger partial charge is 0.216 e. The minimum Gasteiger partial charge on any atom is -0.374 e. The molecule has 0 radical (unpaired) electrons. The molecule has 200 valence electrons. The number of nitrogens with one attached hydrogen (secondary N) is 2. The second-order valence-electron chi connectivity index (χ2n) is 9.38. The van der Waals surface area contributed by atoms with Crippen LogP contribution in [0.4, 0.5) is 11.5 Å². The highest BCUT2D eigenvalue weighted by atomic mass is 32.2. The normalized spacial score (nSPS) is 19.1. The van der Waals surface area contributed by atoms with E-state index >= 15 is 0 Å². The maximum atomic E-state index is 12.5. The fourth-order valence-electron chi connectivity index (χ4n) is 4.55. The highest BCUT2D eigenvalue weighted by molar-refractivity contribution is 7.89. The number of benzene rings is 1. The summed E-state index contributed by atoms with van der Waals surface area (Å²) in [6.45, 7) is 8.82. The summed E-state index contributed by atoms with van der Waals surface area (Å²) in [6.07, 6.45) is 3.44. The second-order valence-corrected chi connectivity index (χ2v) is 11.9. The molecule has 2 saturated heterocycles. The number of sulfonamides is 1. The molecule has 1 aromatic carbocycles. The molecule has 3 aromatic rings. The number of aromatic nitrogens is 3. The molecular formula is C25H35N7O3S2. The summed E-state index contributed by atoms with van der Waals surface area (Å²) in [5.74, 6) is 0.691. The van der Waals surface area contributed by atoms with E-state index in [0.717, 1.165) is 41.1 Å². The van der Waals surface area contributed by atoms with E-state index in [0.29, 0.717) is 45.1 Å². The van der Waals surface area contributed by atoms with E-state index in [-0.39, 0.29) is 19.6 Å². The average Bonchev–Trinajstić information content (AvgIpc) is 2.92. The predicted octanol–water partition coefficient (Wildman–Crippen LogP) is 2.07. The summed E-state index contributed by atoms with van der Waals surface area (Å²) in [7, 11) is -3.21. The van der Waals surface area contributed by atoms with Gasteiger partial charge in [0.2, 0.25) is 10.0 Å². The van der Waals surface area contributed by atoms with Crippen LogP contribution in [0.3, 0.4) is 0 Å². The molecule has 1 atom stereocenters. The number of rotatable bonds is 7. The van der Waals surface area contributed by atoms with Crippen LogP contribution in [0, 0.1) is 0 Å². The molecule has 0 saturated carbocycles. The number of fused-ring (bicyclic) bond motifs is 1. The lowest BCUT2D eigenvalue weighted by molar-refractivity contribution is 0.0372. The van der Waals surface area contributed by atoms with E-state index in [1.807, 2.05) is 6.07 Å². The molecule has 2 aliphatic heterocycles. The molecule has 2 aromatic heterocycles. The summed E-state index contributed by atoms with van der Waals surface area (Å²) in [5.41, 5.74) is 4.37. The number of pyridine rings is 1. The maximum absolute atomic E-state index is 12.5. The molecule has 4 heterocycles. The topological polar surface area (TPSA) is 113 Å². The van der Waals surface area contributed by atoms with Crippen LogP contribution in [-0.2, 0) is 14.8 Å². The first-order chi connectivity index (χ1) is 17.4. The van der Waals surface area contributed by atoms with Gasteiger partial charge < -0.3 is 20.3 Å². The van der Waals surface area contributed by atoms with E-state index in [9.17, 15) is 8.42 Å². The second kappa shape index (κ2) is 11.9. The number of hydrogen-bond acceptors (Lipinski definition) is 9. The molecule has 37 heavy (non-hydrogen) atoms. The van der Waals surface area contributed by atoms with Crippen LogP contribution in [0.5, 0.6) is 0 Å². The fourth-order valence-corrected chi connectivity index (χ4v) is 5.81. The molecule has 5 rings (SSSR count). The quantitative estimate of drug-likeness (QED) is 0.461. The van der Waals surface area contributed by atoms with Crippen LogP contribution in [0.15, 0.2) is 42.7 Å². The van der Waals surface area contributed by atoms with E-state index in [1.165, 1.54) is 0 Å². The van der Waals surface area contributed by atoms with Crippen LogP contribution in [0.2, 0.25) is 0 Å². The number of piperazine rings is 1. The number of ether oxygens (including phenoxy) is 1. The van der Waals surface area contributed by atoms with Crippen molar-refractivity contribution in [2.75, 3.05) is 62.6 Å². The highest BCUT2D eigenvalue weighted by Gasteiger charge is 2.29. The molecule has 10 nitrogen and oxygen atoms in total. The number of nitrogens with zero attached hydrogens (tertiary/aromatic N) is 5. The van der Waals surface area contributed by atoms with Gasteiger partial charge in [-0.15, -0.1) is 0 Å². The Morgan fingerprint density at radius 2 is 1.84 bits per heavy atom. The van der Waals surface area contributed by atoms with Gasteiger partial charge >= 0.3 is 0 Å². The lowest BCUT2D eigenvalue weighted by Gasteiger charge is -2.36. The van der Waals surface area contributed by atoms with Crippen molar-refractivity contribution in [3.05, 3.63) is 42.7 Å². The third-order valence-corrected chi connectivity index (χ3v) is 8.96. The van der Waals surface area contributed by atoms with Gasteiger partial charge in [0.1, 0.15) is 5.52 Å². The Kier molecular flexibility index (Phi) is 8.86. The first kappa shape index (κ1) is 27.5. The van der Waals surface area contributed by atoms with Gasteiger partial charge in [-0.3, -0.25) is 4.98 Å². The first-order valence-electron chi connectivity index (χ1n) is 12.4. The summed E-state index contributed by atoms with van der Waals surface area (Å²) in [6, 6.07) is 10.2. The Morgan fingerprint density at radius 1 is 1.11 bits per heavy atom. The molecule has 12 heteroatoms. The molecule has 0 unspecified atom stereocenters. The predicted molar refractivity (Wildman–Crippen MR) is 152 cm³/mol. The van der Waals surface area contributed by atoms with E-state index < -0.39 is 15.3 Å². The summed E-state index contributed by atoms with van der Waals surface area (Å²) in [5, 5.41) is 6.36. The largest absolute Gasteiger partial charge is 0.374 e. The molecule has 0 amide bonds. The van der Waals surface area contributed by atoms with Crippen molar-refractivity contribution in [1.82, 2.24) is 24.6 Å². The summed E-state index contributed by atoms with van der Waals surface area (Å²) in [4.78, 5) is 16.1. The average molecular weight is 546 g/mol. The lowest BCUT2D eigenvalue weighted by atomic mass is 10.1.